The van der Waals surface area contributed by atoms with E-state index in [0.29, 0.717) is 6.42 Å². The van der Waals surface area contributed by atoms with E-state index in [1.165, 1.54) is 6.20 Å². The van der Waals surface area contributed by atoms with Crippen molar-refractivity contribution in [3.63, 3.8) is 0 Å². The van der Waals surface area contributed by atoms with Gasteiger partial charge >= 0.3 is 5.97 Å². The van der Waals surface area contributed by atoms with Gasteiger partial charge in [0.2, 0.25) is 0 Å². The fourth-order valence-electron chi connectivity index (χ4n) is 1.77. The number of aromatic amines is 1. The number of H-pyrrole nitrogens is 1. The molecule has 5 nitrogen and oxygen atoms in total. The van der Waals surface area contributed by atoms with E-state index in [0.717, 1.165) is 5.56 Å². The van der Waals surface area contributed by atoms with Gasteiger partial charge in [0.1, 0.15) is 11.7 Å². The van der Waals surface area contributed by atoms with Crippen LogP contribution in [0.15, 0.2) is 53.5 Å². The van der Waals surface area contributed by atoms with Crippen LogP contribution in [-0.2, 0) is 11.2 Å². The molecule has 0 saturated carbocycles. The lowest BCUT2D eigenvalue weighted by molar-refractivity contribution is -0.137. The van der Waals surface area contributed by atoms with E-state index in [-0.39, 0.29) is 11.2 Å². The van der Waals surface area contributed by atoms with Crippen LogP contribution in [0.5, 0.6) is 0 Å². The van der Waals surface area contributed by atoms with Gasteiger partial charge in [0.25, 0.3) is 5.56 Å². The van der Waals surface area contributed by atoms with Crippen molar-refractivity contribution in [3.8, 4) is 0 Å². The van der Waals surface area contributed by atoms with Crippen LogP contribution in [0.1, 0.15) is 5.56 Å². The molecule has 1 heterocycles. The summed E-state index contributed by atoms with van der Waals surface area (Å²) in [5.41, 5.74) is 0.822. The number of aromatic nitrogens is 1. The maximum Gasteiger partial charge on any atom is 0.326 e. The first-order valence-electron chi connectivity index (χ1n) is 5.88. The number of carbonyl (C=O) groups is 1. The molecule has 19 heavy (non-hydrogen) atoms. The third kappa shape index (κ3) is 3.45. The molecule has 3 N–H and O–H groups in total. The smallest absolute Gasteiger partial charge is 0.326 e. The van der Waals surface area contributed by atoms with Crippen LogP contribution in [0.3, 0.4) is 0 Å². The van der Waals surface area contributed by atoms with Crippen molar-refractivity contribution in [1.29, 1.82) is 0 Å². The predicted octanol–water partition coefficient (Wildman–Crippen LogP) is 1.48. The van der Waals surface area contributed by atoms with Crippen molar-refractivity contribution in [1.82, 2.24) is 4.98 Å². The van der Waals surface area contributed by atoms with Gasteiger partial charge < -0.3 is 15.4 Å². The summed E-state index contributed by atoms with van der Waals surface area (Å²) >= 11 is 0. The molecular formula is C14H14N2O3. The molecule has 0 saturated heterocycles. The average Bonchev–Trinajstić information content (AvgIpc) is 2.41. The van der Waals surface area contributed by atoms with Gasteiger partial charge in [0.15, 0.2) is 0 Å². The number of benzene rings is 1. The molecule has 5 heteroatoms. The summed E-state index contributed by atoms with van der Waals surface area (Å²) in [4.78, 5) is 25.3. The Hall–Kier alpha value is -2.56. The highest BCUT2D eigenvalue weighted by Crippen LogP contribution is 2.08. The maximum absolute atomic E-state index is 11.5. The summed E-state index contributed by atoms with van der Waals surface area (Å²) in [6.45, 7) is 0. The monoisotopic (exact) mass is 258 g/mol. The number of nitrogens with one attached hydrogen (secondary N) is 2. The zero-order valence-electron chi connectivity index (χ0n) is 10.2. The lowest BCUT2D eigenvalue weighted by Crippen LogP contribution is -2.33. The number of rotatable bonds is 5. The molecule has 0 spiro atoms. The van der Waals surface area contributed by atoms with Crippen molar-refractivity contribution in [2.24, 2.45) is 0 Å². The third-order valence-corrected chi connectivity index (χ3v) is 2.73. The zero-order valence-corrected chi connectivity index (χ0v) is 10.2. The summed E-state index contributed by atoms with van der Waals surface area (Å²) in [6.07, 6.45) is 1.81. The number of carboxylic acids is 1. The number of anilines is 1. The molecule has 0 aliphatic rings. The van der Waals surface area contributed by atoms with E-state index in [4.69, 9.17) is 0 Å². The Morgan fingerprint density at radius 2 is 1.95 bits per heavy atom. The second-order valence-electron chi connectivity index (χ2n) is 4.14. The number of pyridine rings is 1. The molecular weight excluding hydrogens is 244 g/mol. The number of hydrogen-bond donors (Lipinski definition) is 3. The number of carboxylic acid groups (broad SMARTS) is 1. The van der Waals surface area contributed by atoms with Crippen LogP contribution in [-0.4, -0.2) is 22.1 Å². The van der Waals surface area contributed by atoms with Gasteiger partial charge in [-0.3, -0.25) is 4.79 Å². The Balaban J connectivity index is 2.16. The molecule has 2 aromatic rings. The van der Waals surface area contributed by atoms with Crippen LogP contribution in [0.25, 0.3) is 0 Å². The Morgan fingerprint density at radius 1 is 1.21 bits per heavy atom. The first kappa shape index (κ1) is 12.9. The van der Waals surface area contributed by atoms with Crippen LogP contribution in [0.4, 0.5) is 5.69 Å². The van der Waals surface area contributed by atoms with Crippen LogP contribution < -0.4 is 10.9 Å². The van der Waals surface area contributed by atoms with E-state index in [2.05, 4.69) is 10.3 Å². The largest absolute Gasteiger partial charge is 0.480 e. The summed E-state index contributed by atoms with van der Waals surface area (Å²) in [6, 6.07) is 11.6. The molecule has 1 aromatic carbocycles. The Kier molecular flexibility index (Phi) is 3.97. The highest BCUT2D eigenvalue weighted by atomic mass is 16.4. The predicted molar refractivity (Wildman–Crippen MR) is 72.3 cm³/mol. The Morgan fingerprint density at radius 3 is 2.58 bits per heavy atom. The van der Waals surface area contributed by atoms with E-state index in [1.807, 2.05) is 30.3 Å². The lowest BCUT2D eigenvalue weighted by Gasteiger charge is -2.15. The minimum absolute atomic E-state index is 0.255. The van der Waals surface area contributed by atoms with E-state index >= 15 is 0 Å². The fraction of sp³-hybridized carbons (Fsp3) is 0.143. The number of aliphatic carboxylic acids is 1. The lowest BCUT2D eigenvalue weighted by atomic mass is 10.1. The van der Waals surface area contributed by atoms with Crippen molar-refractivity contribution in [2.75, 3.05) is 5.32 Å². The topological polar surface area (TPSA) is 82.2 Å². The Labute approximate surface area is 109 Å². The van der Waals surface area contributed by atoms with Crippen molar-refractivity contribution in [2.45, 2.75) is 12.5 Å². The molecule has 2 rings (SSSR count). The molecule has 1 atom stereocenters. The zero-order chi connectivity index (χ0) is 13.7. The van der Waals surface area contributed by atoms with Crippen LogP contribution in [0, 0.1) is 0 Å². The highest BCUT2D eigenvalue weighted by Gasteiger charge is 2.18. The molecule has 0 radical (unpaired) electrons. The van der Waals surface area contributed by atoms with Crippen molar-refractivity contribution in [3.05, 3.63) is 64.6 Å². The molecule has 1 aromatic heterocycles. The van der Waals surface area contributed by atoms with Crippen molar-refractivity contribution < 1.29 is 9.90 Å². The summed E-state index contributed by atoms with van der Waals surface area (Å²) < 4.78 is 0. The first-order valence-corrected chi connectivity index (χ1v) is 5.88. The molecule has 0 bridgehead atoms. The fourth-order valence-corrected chi connectivity index (χ4v) is 1.77. The minimum Gasteiger partial charge on any atom is -0.480 e. The molecule has 0 amide bonds. The molecule has 0 aliphatic carbocycles. The standard InChI is InChI=1S/C14H14N2O3/c17-13-11(7-4-8-15-13)16-12(14(18)19)9-10-5-2-1-3-6-10/h1-8,12,16H,9H2,(H,15,17)(H,18,19)/t12-/m0/s1. The molecule has 0 unspecified atom stereocenters. The second kappa shape index (κ2) is 5.86. The summed E-state index contributed by atoms with van der Waals surface area (Å²) in [5.74, 6) is -0.993. The summed E-state index contributed by atoms with van der Waals surface area (Å²) in [7, 11) is 0. The van der Waals surface area contributed by atoms with Gasteiger partial charge in [-0.1, -0.05) is 30.3 Å². The molecule has 98 valence electrons. The van der Waals surface area contributed by atoms with E-state index in [9.17, 15) is 14.7 Å². The van der Waals surface area contributed by atoms with E-state index < -0.39 is 12.0 Å². The van der Waals surface area contributed by atoms with E-state index in [1.54, 1.807) is 12.1 Å². The van der Waals surface area contributed by atoms with Crippen molar-refractivity contribution >= 4 is 11.7 Å². The third-order valence-electron chi connectivity index (χ3n) is 2.73. The van der Waals surface area contributed by atoms with Gasteiger partial charge in [0, 0.05) is 12.6 Å². The minimum atomic E-state index is -0.993. The van der Waals surface area contributed by atoms with Gasteiger partial charge in [-0.25, -0.2) is 4.79 Å². The second-order valence-corrected chi connectivity index (χ2v) is 4.14. The van der Waals surface area contributed by atoms with Gasteiger partial charge in [-0.15, -0.1) is 0 Å². The highest BCUT2D eigenvalue weighted by molar-refractivity contribution is 5.77. The van der Waals surface area contributed by atoms with Crippen LogP contribution >= 0.6 is 0 Å². The summed E-state index contributed by atoms with van der Waals surface area (Å²) in [5, 5.41) is 12.0. The number of hydrogen-bond acceptors (Lipinski definition) is 3. The Bertz CT molecular complexity index is 607. The molecule has 0 aliphatic heterocycles. The SMILES string of the molecule is O=C(O)[C@H](Cc1ccccc1)Nc1ccc[nH]c1=O. The normalized spacial score (nSPS) is 11.8. The molecule has 0 fully saturated rings. The van der Waals surface area contributed by atoms with Gasteiger partial charge in [0.05, 0.1) is 0 Å². The quantitative estimate of drug-likeness (QED) is 0.758. The first-order chi connectivity index (χ1) is 9.16. The average molecular weight is 258 g/mol. The maximum atomic E-state index is 11.5. The van der Waals surface area contributed by atoms with Crippen LogP contribution in [0.2, 0.25) is 0 Å². The van der Waals surface area contributed by atoms with Gasteiger partial charge in [-0.2, -0.15) is 0 Å². The van der Waals surface area contributed by atoms with Gasteiger partial charge in [-0.05, 0) is 17.7 Å².